The van der Waals surface area contributed by atoms with Crippen molar-refractivity contribution in [1.82, 2.24) is 0 Å². The Kier molecular flexibility index (Phi) is 9.32. The van der Waals surface area contributed by atoms with Crippen LogP contribution in [0.1, 0.15) is 48.5 Å². The van der Waals surface area contributed by atoms with Gasteiger partial charge < -0.3 is 18.9 Å². The molecule has 0 radical (unpaired) electrons. The van der Waals surface area contributed by atoms with Crippen LogP contribution in [0.2, 0.25) is 0 Å². The van der Waals surface area contributed by atoms with Crippen LogP contribution >= 0.6 is 7.60 Å². The third-order valence-electron chi connectivity index (χ3n) is 2.28. The van der Waals surface area contributed by atoms with E-state index in [1.165, 1.54) is 0 Å². The highest BCUT2D eigenvalue weighted by Gasteiger charge is 2.40. The van der Waals surface area contributed by atoms with Crippen LogP contribution in [0.5, 0.6) is 0 Å². The normalized spacial score (nSPS) is 12.2. The van der Waals surface area contributed by atoms with Crippen LogP contribution in [0.25, 0.3) is 0 Å². The lowest BCUT2D eigenvalue weighted by molar-refractivity contribution is -0.0327. The molecule has 0 fully saturated rings. The van der Waals surface area contributed by atoms with Crippen molar-refractivity contribution in [2.24, 2.45) is 0 Å². The molecule has 142 valence electrons. The van der Waals surface area contributed by atoms with Gasteiger partial charge in [0.1, 0.15) is 0 Å². The van der Waals surface area contributed by atoms with E-state index in [4.69, 9.17) is 18.5 Å². The molecular formula is C14H27O9P. The molecule has 24 heavy (non-hydrogen) atoms. The lowest BCUT2D eigenvalue weighted by atomic mass is 10.3. The quantitative estimate of drug-likeness (QED) is 0.355. The Balaban J connectivity index is 4.50. The first-order valence-electron chi connectivity index (χ1n) is 7.43. The first kappa shape index (κ1) is 22.7. The van der Waals surface area contributed by atoms with Gasteiger partial charge in [-0.1, -0.05) is 0 Å². The molecule has 0 unspecified atom stereocenters. The molecule has 0 aromatic rings. The smallest absolute Gasteiger partial charge is 0.432 e. The number of carbonyl (C=O) groups excluding carboxylic acids is 2. The fraction of sp³-hybridized carbons (Fsp3) is 0.857. The molecule has 0 bridgehead atoms. The Morgan fingerprint density at radius 1 is 0.833 bits per heavy atom. The standard InChI is InChI=1S/C14H27O9P/c1-10(2)22-12(15)18-8-20-24(17,14(5,6)7)21-9-19-13(16)23-11(3)4/h10-11H,8-9H2,1-7H3. The molecule has 0 saturated heterocycles. The molecule has 0 aromatic heterocycles. The van der Waals surface area contributed by atoms with E-state index >= 15 is 0 Å². The van der Waals surface area contributed by atoms with Gasteiger partial charge in [0.15, 0.2) is 0 Å². The van der Waals surface area contributed by atoms with Crippen molar-refractivity contribution in [2.45, 2.75) is 65.8 Å². The van der Waals surface area contributed by atoms with Crippen LogP contribution in [0, 0.1) is 0 Å². The van der Waals surface area contributed by atoms with Crippen molar-refractivity contribution in [3.63, 3.8) is 0 Å². The molecule has 0 atom stereocenters. The second-order valence-corrected chi connectivity index (χ2v) is 9.14. The van der Waals surface area contributed by atoms with Crippen LogP contribution < -0.4 is 0 Å². The van der Waals surface area contributed by atoms with Gasteiger partial charge in [0.25, 0.3) is 0 Å². The number of hydrogen-bond donors (Lipinski definition) is 0. The highest BCUT2D eigenvalue weighted by atomic mass is 31.2. The van der Waals surface area contributed by atoms with Crippen molar-refractivity contribution >= 4 is 19.9 Å². The maximum absolute atomic E-state index is 12.7. The minimum atomic E-state index is -3.75. The number of ether oxygens (including phenoxy) is 4. The number of hydrogen-bond acceptors (Lipinski definition) is 9. The zero-order valence-electron chi connectivity index (χ0n) is 15.2. The first-order valence-corrected chi connectivity index (χ1v) is 8.97. The summed E-state index contributed by atoms with van der Waals surface area (Å²) < 4.78 is 41.7. The van der Waals surface area contributed by atoms with E-state index < -0.39 is 38.6 Å². The van der Waals surface area contributed by atoms with Gasteiger partial charge in [0.2, 0.25) is 13.6 Å². The molecule has 0 amide bonds. The molecule has 0 aliphatic heterocycles. The maximum atomic E-state index is 12.7. The van der Waals surface area contributed by atoms with E-state index in [-0.39, 0.29) is 12.2 Å². The number of carbonyl (C=O) groups is 2. The highest BCUT2D eigenvalue weighted by molar-refractivity contribution is 7.55. The van der Waals surface area contributed by atoms with Crippen molar-refractivity contribution in [2.75, 3.05) is 13.6 Å². The summed E-state index contributed by atoms with van der Waals surface area (Å²) in [5.41, 5.74) is 0. The summed E-state index contributed by atoms with van der Waals surface area (Å²) in [6.07, 6.45) is -2.63. The summed E-state index contributed by atoms with van der Waals surface area (Å²) in [7, 11) is -3.75. The van der Waals surface area contributed by atoms with Crippen molar-refractivity contribution in [3.8, 4) is 0 Å². The molecule has 0 saturated carbocycles. The third kappa shape index (κ3) is 9.10. The summed E-state index contributed by atoms with van der Waals surface area (Å²) >= 11 is 0. The van der Waals surface area contributed by atoms with Crippen molar-refractivity contribution < 1.29 is 42.1 Å². The fourth-order valence-electron chi connectivity index (χ4n) is 1.17. The lowest BCUT2D eigenvalue weighted by Crippen LogP contribution is -2.23. The minimum absolute atomic E-state index is 0.358. The predicted octanol–water partition coefficient (Wildman–Crippen LogP) is 4.05. The molecule has 0 rings (SSSR count). The van der Waals surface area contributed by atoms with Crippen molar-refractivity contribution in [1.29, 1.82) is 0 Å². The molecule has 10 heteroatoms. The second kappa shape index (κ2) is 9.86. The van der Waals surface area contributed by atoms with E-state index in [0.717, 1.165) is 0 Å². The van der Waals surface area contributed by atoms with Gasteiger partial charge >= 0.3 is 19.9 Å². The van der Waals surface area contributed by atoms with Crippen LogP contribution in [-0.4, -0.2) is 43.3 Å². The van der Waals surface area contributed by atoms with Gasteiger partial charge in [0.05, 0.1) is 17.4 Å². The summed E-state index contributed by atoms with van der Waals surface area (Å²) in [6, 6.07) is 0. The third-order valence-corrected chi connectivity index (χ3v) is 4.82. The van der Waals surface area contributed by atoms with E-state index in [9.17, 15) is 14.2 Å². The lowest BCUT2D eigenvalue weighted by Gasteiger charge is -2.29. The van der Waals surface area contributed by atoms with E-state index in [2.05, 4.69) is 9.47 Å². The fourth-order valence-corrected chi connectivity index (χ4v) is 2.40. The van der Waals surface area contributed by atoms with E-state index in [1.807, 2.05) is 0 Å². The molecular weight excluding hydrogens is 343 g/mol. The summed E-state index contributed by atoms with van der Waals surface area (Å²) in [4.78, 5) is 22.5. The Morgan fingerprint density at radius 2 is 1.17 bits per heavy atom. The molecule has 0 spiro atoms. The van der Waals surface area contributed by atoms with Gasteiger partial charge in [-0.2, -0.15) is 0 Å². The van der Waals surface area contributed by atoms with Crippen LogP contribution in [0.15, 0.2) is 0 Å². The van der Waals surface area contributed by atoms with E-state index in [1.54, 1.807) is 48.5 Å². The maximum Gasteiger partial charge on any atom is 0.510 e. The Hall–Kier alpha value is -1.31. The Morgan fingerprint density at radius 3 is 1.42 bits per heavy atom. The predicted molar refractivity (Wildman–Crippen MR) is 84.7 cm³/mol. The molecule has 0 aliphatic rings. The second-order valence-electron chi connectivity index (χ2n) is 6.28. The average molecular weight is 370 g/mol. The molecule has 0 aromatic carbocycles. The largest absolute Gasteiger partial charge is 0.510 e. The molecule has 9 nitrogen and oxygen atoms in total. The van der Waals surface area contributed by atoms with Gasteiger partial charge in [-0.05, 0) is 48.5 Å². The molecule has 0 N–H and O–H groups in total. The zero-order valence-corrected chi connectivity index (χ0v) is 16.1. The summed E-state index contributed by atoms with van der Waals surface area (Å²) in [5, 5.41) is -0.941. The van der Waals surface area contributed by atoms with Crippen LogP contribution in [0.3, 0.4) is 0 Å². The van der Waals surface area contributed by atoms with Gasteiger partial charge in [-0.15, -0.1) is 0 Å². The Bertz CT molecular complexity index is 422. The molecule has 0 heterocycles. The van der Waals surface area contributed by atoms with Gasteiger partial charge in [-0.25, -0.2) is 9.59 Å². The number of rotatable bonds is 8. The monoisotopic (exact) mass is 370 g/mol. The van der Waals surface area contributed by atoms with Crippen LogP contribution in [0.4, 0.5) is 9.59 Å². The minimum Gasteiger partial charge on any atom is -0.432 e. The summed E-state index contributed by atoms with van der Waals surface area (Å²) in [5.74, 6) is 0. The summed E-state index contributed by atoms with van der Waals surface area (Å²) in [6.45, 7) is 10.2. The van der Waals surface area contributed by atoms with E-state index in [0.29, 0.717) is 0 Å². The van der Waals surface area contributed by atoms with Gasteiger partial charge in [0, 0.05) is 0 Å². The zero-order chi connectivity index (χ0) is 19.0. The molecule has 0 aliphatic carbocycles. The highest BCUT2D eigenvalue weighted by Crippen LogP contribution is 2.59. The first-order chi connectivity index (χ1) is 10.9. The van der Waals surface area contributed by atoms with Gasteiger partial charge in [-0.3, -0.25) is 13.6 Å². The topological polar surface area (TPSA) is 107 Å². The SMILES string of the molecule is CC(C)OC(=O)OCOP(=O)(OCOC(=O)OC(C)C)C(C)(C)C. The average Bonchev–Trinajstić information content (AvgIpc) is 2.35. The van der Waals surface area contributed by atoms with Crippen molar-refractivity contribution in [3.05, 3.63) is 0 Å². The van der Waals surface area contributed by atoms with Crippen LogP contribution in [-0.2, 0) is 32.6 Å². The Labute approximate surface area is 142 Å².